The molecule has 5 heteroatoms. The van der Waals surface area contributed by atoms with E-state index in [4.69, 9.17) is 4.74 Å². The summed E-state index contributed by atoms with van der Waals surface area (Å²) in [5, 5.41) is 0.900. The highest BCUT2D eigenvalue weighted by atomic mass is 79.9. The number of hydrogen-bond acceptors (Lipinski definition) is 4. The molecule has 1 atom stereocenters. The van der Waals surface area contributed by atoms with Crippen molar-refractivity contribution < 1.29 is 4.74 Å². The van der Waals surface area contributed by atoms with Crippen LogP contribution >= 0.6 is 15.9 Å². The first-order chi connectivity index (χ1) is 8.24. The van der Waals surface area contributed by atoms with Gasteiger partial charge in [0, 0.05) is 23.6 Å². The highest BCUT2D eigenvalue weighted by Gasteiger charge is 2.23. The third-order valence-corrected chi connectivity index (χ3v) is 3.69. The maximum atomic E-state index is 5.50. The van der Waals surface area contributed by atoms with Gasteiger partial charge in [-0.05, 0) is 13.3 Å². The van der Waals surface area contributed by atoms with E-state index in [-0.39, 0.29) is 0 Å². The minimum Gasteiger partial charge on any atom is -0.377 e. The average molecular weight is 300 g/mol. The van der Waals surface area contributed by atoms with Crippen molar-refractivity contribution >= 4 is 21.7 Å². The maximum Gasteiger partial charge on any atom is 0.132 e. The van der Waals surface area contributed by atoms with Gasteiger partial charge >= 0.3 is 0 Å². The van der Waals surface area contributed by atoms with Crippen LogP contribution in [0.15, 0.2) is 6.07 Å². The lowest BCUT2D eigenvalue weighted by Gasteiger charge is -2.35. The van der Waals surface area contributed by atoms with Crippen LogP contribution in [-0.4, -0.2) is 41.1 Å². The second kappa shape index (κ2) is 5.78. The zero-order valence-corrected chi connectivity index (χ0v) is 11.9. The van der Waals surface area contributed by atoms with Gasteiger partial charge in [-0.25, -0.2) is 9.97 Å². The van der Waals surface area contributed by atoms with Crippen LogP contribution < -0.4 is 4.90 Å². The van der Waals surface area contributed by atoms with Crippen molar-refractivity contribution in [2.45, 2.75) is 26.3 Å². The number of aryl methyl sites for hydroxylation is 2. The first-order valence-corrected chi connectivity index (χ1v) is 7.11. The molecule has 2 rings (SSSR count). The van der Waals surface area contributed by atoms with E-state index in [9.17, 15) is 0 Å². The fourth-order valence-electron chi connectivity index (χ4n) is 2.02. The van der Waals surface area contributed by atoms with Crippen molar-refractivity contribution in [1.82, 2.24) is 9.97 Å². The number of aromatic nitrogens is 2. The Morgan fingerprint density at radius 3 is 3.06 bits per heavy atom. The van der Waals surface area contributed by atoms with Crippen LogP contribution in [0.3, 0.4) is 0 Å². The van der Waals surface area contributed by atoms with Crippen LogP contribution in [0.4, 0.5) is 5.82 Å². The molecule has 94 valence electrons. The number of rotatable bonds is 3. The van der Waals surface area contributed by atoms with Gasteiger partial charge in [0.1, 0.15) is 11.6 Å². The third-order valence-electron chi connectivity index (χ3n) is 2.94. The zero-order chi connectivity index (χ0) is 12.3. The Morgan fingerprint density at radius 1 is 1.53 bits per heavy atom. The molecule has 0 saturated carbocycles. The summed E-state index contributed by atoms with van der Waals surface area (Å²) in [7, 11) is 0. The average Bonchev–Trinajstić information content (AvgIpc) is 2.37. The van der Waals surface area contributed by atoms with Crippen LogP contribution in [0.5, 0.6) is 0 Å². The number of morpholine rings is 1. The third kappa shape index (κ3) is 2.96. The van der Waals surface area contributed by atoms with Gasteiger partial charge in [0.05, 0.1) is 19.3 Å². The van der Waals surface area contributed by atoms with E-state index in [1.807, 2.05) is 6.92 Å². The smallest absolute Gasteiger partial charge is 0.132 e. The van der Waals surface area contributed by atoms with Gasteiger partial charge < -0.3 is 9.64 Å². The summed E-state index contributed by atoms with van der Waals surface area (Å²) < 4.78 is 5.50. The fourth-order valence-corrected chi connectivity index (χ4v) is 2.56. The Bertz CT molecular complexity index is 386. The molecule has 0 aromatic carbocycles. The first kappa shape index (κ1) is 12.8. The van der Waals surface area contributed by atoms with E-state index in [1.54, 1.807) is 0 Å². The SMILES string of the molecule is CCc1cc(N2CCOCC2CBr)nc(C)n1. The predicted octanol–water partition coefficient (Wildman–Crippen LogP) is 1.95. The second-order valence-corrected chi connectivity index (χ2v) is 4.84. The number of halogens is 1. The van der Waals surface area contributed by atoms with Crippen LogP contribution in [-0.2, 0) is 11.2 Å². The Balaban J connectivity index is 2.27. The lowest BCUT2D eigenvalue weighted by atomic mass is 10.2. The molecule has 4 nitrogen and oxygen atoms in total. The molecule has 1 fully saturated rings. The van der Waals surface area contributed by atoms with Gasteiger partial charge in [-0.15, -0.1) is 0 Å². The highest BCUT2D eigenvalue weighted by molar-refractivity contribution is 9.09. The Hall–Kier alpha value is -0.680. The molecule has 0 bridgehead atoms. The molecular weight excluding hydrogens is 282 g/mol. The largest absolute Gasteiger partial charge is 0.377 e. The molecule has 1 aromatic heterocycles. The van der Waals surface area contributed by atoms with Gasteiger partial charge in [0.25, 0.3) is 0 Å². The normalized spacial score (nSPS) is 20.6. The maximum absolute atomic E-state index is 5.50. The summed E-state index contributed by atoms with van der Waals surface area (Å²) in [5.41, 5.74) is 1.10. The van der Waals surface area contributed by atoms with E-state index in [0.717, 1.165) is 48.8 Å². The predicted molar refractivity (Wildman–Crippen MR) is 71.9 cm³/mol. The summed E-state index contributed by atoms with van der Waals surface area (Å²) in [6, 6.07) is 2.45. The molecule has 0 radical (unpaired) electrons. The van der Waals surface area contributed by atoms with Crippen molar-refractivity contribution in [3.8, 4) is 0 Å². The monoisotopic (exact) mass is 299 g/mol. The van der Waals surface area contributed by atoms with E-state index in [0.29, 0.717) is 6.04 Å². The van der Waals surface area contributed by atoms with Gasteiger partial charge in [0.2, 0.25) is 0 Å². The molecule has 1 saturated heterocycles. The molecule has 17 heavy (non-hydrogen) atoms. The van der Waals surface area contributed by atoms with Crippen LogP contribution in [0.2, 0.25) is 0 Å². The summed E-state index contributed by atoms with van der Waals surface area (Å²) in [4.78, 5) is 11.3. The topological polar surface area (TPSA) is 38.2 Å². The van der Waals surface area contributed by atoms with E-state index in [1.165, 1.54) is 0 Å². The van der Waals surface area contributed by atoms with Crippen LogP contribution in [0.25, 0.3) is 0 Å². The first-order valence-electron chi connectivity index (χ1n) is 5.99. The quantitative estimate of drug-likeness (QED) is 0.800. The summed E-state index contributed by atoms with van der Waals surface area (Å²) >= 11 is 3.54. The van der Waals surface area contributed by atoms with Crippen LogP contribution in [0.1, 0.15) is 18.4 Å². The molecule has 1 aliphatic heterocycles. The number of hydrogen-bond donors (Lipinski definition) is 0. The molecule has 0 N–H and O–H groups in total. The van der Waals surface area contributed by atoms with Crippen molar-refractivity contribution in [2.24, 2.45) is 0 Å². The lowest BCUT2D eigenvalue weighted by molar-refractivity contribution is 0.1000. The van der Waals surface area contributed by atoms with Gasteiger partial charge in [-0.2, -0.15) is 0 Å². The van der Waals surface area contributed by atoms with Crippen molar-refractivity contribution in [2.75, 3.05) is 30.0 Å². The molecule has 0 aliphatic carbocycles. The number of nitrogens with zero attached hydrogens (tertiary/aromatic N) is 3. The molecule has 1 unspecified atom stereocenters. The fraction of sp³-hybridized carbons (Fsp3) is 0.667. The lowest BCUT2D eigenvalue weighted by Crippen LogP contribution is -2.47. The molecule has 0 spiro atoms. The van der Waals surface area contributed by atoms with E-state index >= 15 is 0 Å². The number of anilines is 1. The minimum absolute atomic E-state index is 0.364. The Labute approximate surface area is 111 Å². The van der Waals surface area contributed by atoms with Crippen molar-refractivity contribution in [3.63, 3.8) is 0 Å². The zero-order valence-electron chi connectivity index (χ0n) is 10.3. The van der Waals surface area contributed by atoms with E-state index < -0.39 is 0 Å². The minimum atomic E-state index is 0.364. The van der Waals surface area contributed by atoms with E-state index in [2.05, 4.69) is 43.8 Å². The molecule has 1 aliphatic rings. The Kier molecular flexibility index (Phi) is 4.34. The summed E-state index contributed by atoms with van der Waals surface area (Å²) in [5.74, 6) is 1.88. The summed E-state index contributed by atoms with van der Waals surface area (Å²) in [6.45, 7) is 6.50. The summed E-state index contributed by atoms with van der Waals surface area (Å²) in [6.07, 6.45) is 0.944. The van der Waals surface area contributed by atoms with Gasteiger partial charge in [0.15, 0.2) is 0 Å². The highest BCUT2D eigenvalue weighted by Crippen LogP contribution is 2.19. The van der Waals surface area contributed by atoms with Gasteiger partial charge in [-0.1, -0.05) is 22.9 Å². The molecular formula is C12H18BrN3O. The Morgan fingerprint density at radius 2 is 2.35 bits per heavy atom. The van der Waals surface area contributed by atoms with Crippen molar-refractivity contribution in [1.29, 1.82) is 0 Å². The molecule has 2 heterocycles. The van der Waals surface area contributed by atoms with Gasteiger partial charge in [-0.3, -0.25) is 0 Å². The number of ether oxygens (including phenoxy) is 1. The molecule has 1 aromatic rings. The van der Waals surface area contributed by atoms with Crippen molar-refractivity contribution in [3.05, 3.63) is 17.6 Å². The molecule has 0 amide bonds. The second-order valence-electron chi connectivity index (χ2n) is 4.19. The number of alkyl halides is 1. The standard InChI is InChI=1S/C12H18BrN3O/c1-3-10-6-12(15-9(2)14-10)16-4-5-17-8-11(16)7-13/h6,11H,3-5,7-8H2,1-2H3. The van der Waals surface area contributed by atoms with Crippen LogP contribution in [0, 0.1) is 6.92 Å².